The molecule has 0 atom stereocenters. The van der Waals surface area contributed by atoms with Crippen LogP contribution in [0.2, 0.25) is 0 Å². The summed E-state index contributed by atoms with van der Waals surface area (Å²) in [6.07, 6.45) is 9.99. The number of benzene rings is 2. The number of hydrogen-bond donors (Lipinski definition) is 0. The van der Waals surface area contributed by atoms with Crippen molar-refractivity contribution in [1.82, 2.24) is 4.98 Å². The van der Waals surface area contributed by atoms with Gasteiger partial charge in [-0.05, 0) is 48.5 Å². The zero-order valence-electron chi connectivity index (χ0n) is 18.7. The third-order valence-corrected chi connectivity index (χ3v) is 5.83. The number of carbonyl (C=O) groups excluding carboxylic acids is 2. The third-order valence-electron chi connectivity index (χ3n) is 4.99. The van der Waals surface area contributed by atoms with Gasteiger partial charge in [0.05, 0.1) is 24.2 Å². The number of anilines is 3. The highest BCUT2D eigenvalue weighted by Gasteiger charge is 2.21. The number of thiazole rings is 1. The van der Waals surface area contributed by atoms with Gasteiger partial charge >= 0.3 is 0 Å². The van der Waals surface area contributed by atoms with E-state index in [1.54, 1.807) is 66.3 Å². The molecule has 0 spiro atoms. The van der Waals surface area contributed by atoms with E-state index in [0.29, 0.717) is 27.8 Å². The average molecular weight is 486 g/mol. The Morgan fingerprint density at radius 2 is 2.00 bits per heavy atom. The summed E-state index contributed by atoms with van der Waals surface area (Å²) < 4.78 is 19.7. The molecule has 35 heavy (non-hydrogen) atoms. The normalized spacial score (nSPS) is 10.8. The Hall–Kier alpha value is -4.48. The van der Waals surface area contributed by atoms with E-state index in [1.807, 2.05) is 0 Å². The molecular weight excluding hydrogens is 465 g/mol. The first kappa shape index (κ1) is 23.7. The second-order valence-electron chi connectivity index (χ2n) is 7.39. The maximum atomic E-state index is 14.3. The summed E-state index contributed by atoms with van der Waals surface area (Å²) >= 11 is 1.17. The molecule has 8 heteroatoms. The van der Waals surface area contributed by atoms with Crippen LogP contribution in [-0.4, -0.2) is 16.8 Å². The molecule has 174 valence electrons. The smallest absolute Gasteiger partial charge is 0.251 e. The maximum absolute atomic E-state index is 14.3. The largest absolute Gasteiger partial charge is 0.467 e. The van der Waals surface area contributed by atoms with Crippen LogP contribution in [-0.2, 0) is 16.1 Å². The molecule has 4 rings (SSSR count). The lowest BCUT2D eigenvalue weighted by Crippen LogP contribution is -2.28. The lowest BCUT2D eigenvalue weighted by atomic mass is 10.2. The van der Waals surface area contributed by atoms with Crippen molar-refractivity contribution in [3.8, 4) is 12.3 Å². The highest BCUT2D eigenvalue weighted by molar-refractivity contribution is 7.14. The summed E-state index contributed by atoms with van der Waals surface area (Å²) in [5.41, 5.74) is 1.83. The Bertz CT molecular complexity index is 1420. The number of nitrogens with zero attached hydrogens (tertiary/aromatic N) is 3. The second-order valence-corrected chi connectivity index (χ2v) is 8.23. The van der Waals surface area contributed by atoms with Crippen molar-refractivity contribution in [3.05, 3.63) is 101 Å². The molecule has 0 unspecified atom stereocenters. The molecule has 0 saturated heterocycles. The molecule has 6 nitrogen and oxygen atoms in total. The molecule has 4 aromatic rings. The van der Waals surface area contributed by atoms with Crippen LogP contribution in [0.3, 0.4) is 0 Å². The number of furan rings is 1. The molecule has 0 aliphatic heterocycles. The van der Waals surface area contributed by atoms with E-state index in [1.165, 1.54) is 46.3 Å². The van der Waals surface area contributed by atoms with Crippen molar-refractivity contribution < 1.29 is 18.4 Å². The zero-order chi connectivity index (χ0) is 24.8. The fraction of sp³-hybridized carbons (Fsp3) is 0.0741. The summed E-state index contributed by atoms with van der Waals surface area (Å²) in [5.74, 6) is 1.95. The van der Waals surface area contributed by atoms with E-state index >= 15 is 0 Å². The lowest BCUT2D eigenvalue weighted by Gasteiger charge is -2.20. The number of rotatable bonds is 7. The van der Waals surface area contributed by atoms with Crippen molar-refractivity contribution >= 4 is 45.7 Å². The molecular formula is C27H20FN3O3S. The minimum atomic E-state index is -0.534. The number of carbonyl (C=O) groups is 2. The molecule has 0 N–H and O–H groups in total. The Kier molecular flexibility index (Phi) is 7.19. The molecule has 0 radical (unpaired) electrons. The molecule has 0 fully saturated rings. The van der Waals surface area contributed by atoms with Crippen LogP contribution in [0.25, 0.3) is 6.08 Å². The van der Waals surface area contributed by atoms with E-state index in [2.05, 4.69) is 10.9 Å². The Morgan fingerprint density at radius 1 is 1.17 bits per heavy atom. The fourth-order valence-corrected chi connectivity index (χ4v) is 4.21. The Balaban J connectivity index is 1.59. The first-order valence-corrected chi connectivity index (χ1v) is 11.4. The van der Waals surface area contributed by atoms with Crippen LogP contribution in [0.1, 0.15) is 23.9 Å². The molecule has 2 aromatic heterocycles. The topological polar surface area (TPSA) is 66.7 Å². The predicted octanol–water partition coefficient (Wildman–Crippen LogP) is 5.79. The van der Waals surface area contributed by atoms with Gasteiger partial charge in [0.25, 0.3) is 5.91 Å². The minimum Gasteiger partial charge on any atom is -0.467 e. The van der Waals surface area contributed by atoms with E-state index < -0.39 is 5.82 Å². The minimum absolute atomic E-state index is 0.110. The van der Waals surface area contributed by atoms with E-state index in [-0.39, 0.29) is 24.0 Å². The van der Waals surface area contributed by atoms with Crippen LogP contribution in [0.15, 0.2) is 82.8 Å². The van der Waals surface area contributed by atoms with Gasteiger partial charge in [-0.2, -0.15) is 0 Å². The van der Waals surface area contributed by atoms with Gasteiger partial charge in [-0.3, -0.25) is 14.5 Å². The van der Waals surface area contributed by atoms with Crippen LogP contribution in [0.4, 0.5) is 20.9 Å². The van der Waals surface area contributed by atoms with Crippen molar-refractivity contribution in [3.63, 3.8) is 0 Å². The van der Waals surface area contributed by atoms with Crippen molar-refractivity contribution in [2.75, 3.05) is 9.80 Å². The summed E-state index contributed by atoms with van der Waals surface area (Å²) in [6.45, 7) is 1.54. The van der Waals surface area contributed by atoms with Gasteiger partial charge in [0, 0.05) is 29.6 Å². The predicted molar refractivity (Wildman–Crippen MR) is 135 cm³/mol. The van der Waals surface area contributed by atoms with Crippen molar-refractivity contribution in [2.24, 2.45) is 0 Å². The van der Waals surface area contributed by atoms with Gasteiger partial charge in [-0.25, -0.2) is 9.37 Å². The highest BCUT2D eigenvalue weighted by atomic mass is 32.1. The maximum Gasteiger partial charge on any atom is 0.251 e. The average Bonchev–Trinajstić information content (AvgIpc) is 3.55. The molecule has 0 aliphatic carbocycles. The molecule has 2 heterocycles. The fourth-order valence-electron chi connectivity index (χ4n) is 3.36. The molecule has 0 bridgehead atoms. The number of hydrogen-bond acceptors (Lipinski definition) is 5. The summed E-state index contributed by atoms with van der Waals surface area (Å²) in [6, 6.07) is 16.6. The van der Waals surface area contributed by atoms with Gasteiger partial charge in [0.1, 0.15) is 11.6 Å². The zero-order valence-corrected chi connectivity index (χ0v) is 19.5. The summed E-state index contributed by atoms with van der Waals surface area (Å²) in [7, 11) is 0. The van der Waals surface area contributed by atoms with E-state index in [4.69, 9.17) is 10.8 Å². The first-order valence-electron chi connectivity index (χ1n) is 10.6. The number of halogens is 1. The van der Waals surface area contributed by atoms with Crippen molar-refractivity contribution in [2.45, 2.75) is 13.5 Å². The number of amides is 2. The monoisotopic (exact) mass is 485 g/mol. The highest BCUT2D eigenvalue weighted by Crippen LogP contribution is 2.31. The standard InChI is InChI=1S/C27H20FN3O3S/c1-3-20-8-6-9-22(16-20)30(17-23-10-7-15-34-23)26(33)14-13-21-18-35-27(29-21)31(19(2)32)25-12-5-4-11-24(25)28/h1,4-16,18H,17H2,2H3. The molecule has 2 amide bonds. The number of aromatic nitrogens is 1. The summed E-state index contributed by atoms with van der Waals surface area (Å²) in [5, 5.41) is 1.98. The van der Waals surface area contributed by atoms with Crippen LogP contribution in [0, 0.1) is 18.2 Å². The third kappa shape index (κ3) is 5.54. The quantitative estimate of drug-likeness (QED) is 0.246. The summed E-state index contributed by atoms with van der Waals surface area (Å²) in [4.78, 5) is 32.6. The van der Waals surface area contributed by atoms with E-state index in [9.17, 15) is 14.0 Å². The van der Waals surface area contributed by atoms with Gasteiger partial charge in [0.15, 0.2) is 5.13 Å². The van der Waals surface area contributed by atoms with E-state index in [0.717, 1.165) is 0 Å². The van der Waals surface area contributed by atoms with Gasteiger partial charge in [-0.15, -0.1) is 17.8 Å². The van der Waals surface area contributed by atoms with Crippen LogP contribution >= 0.6 is 11.3 Å². The van der Waals surface area contributed by atoms with Gasteiger partial charge < -0.3 is 9.32 Å². The molecule has 0 aliphatic rings. The number of para-hydroxylation sites is 1. The van der Waals surface area contributed by atoms with Crippen molar-refractivity contribution in [1.29, 1.82) is 0 Å². The van der Waals surface area contributed by atoms with Crippen LogP contribution in [0.5, 0.6) is 0 Å². The second kappa shape index (κ2) is 10.6. The SMILES string of the molecule is C#Cc1cccc(N(Cc2ccco2)C(=O)C=Cc2csc(N(C(C)=O)c3ccccc3F)n2)c1. The Labute approximate surface area is 205 Å². The molecule has 0 saturated carbocycles. The number of terminal acetylenes is 1. The van der Waals surface area contributed by atoms with Gasteiger partial charge in [0.2, 0.25) is 5.91 Å². The van der Waals surface area contributed by atoms with Gasteiger partial charge in [-0.1, -0.05) is 24.1 Å². The lowest BCUT2D eigenvalue weighted by molar-refractivity contribution is -0.116. The first-order chi connectivity index (χ1) is 17.0. The van der Waals surface area contributed by atoms with Crippen LogP contribution < -0.4 is 9.80 Å². The Morgan fingerprint density at radius 3 is 2.71 bits per heavy atom. The molecule has 2 aromatic carbocycles.